The number of hydrogen-bond donors (Lipinski definition) is 2. The van der Waals surface area contributed by atoms with Gasteiger partial charge in [-0.25, -0.2) is 0 Å². The number of hydrogen-bond acceptors (Lipinski definition) is 2. The summed E-state index contributed by atoms with van der Waals surface area (Å²) in [5.74, 6) is -0.551. The molecule has 1 aromatic rings. The highest BCUT2D eigenvalue weighted by molar-refractivity contribution is 9.10. The molecule has 0 aromatic heterocycles. The maximum absolute atomic E-state index is 12.4. The first kappa shape index (κ1) is 14.0. The van der Waals surface area contributed by atoms with E-state index in [4.69, 9.17) is 5.73 Å². The van der Waals surface area contributed by atoms with Crippen LogP contribution in [0.5, 0.6) is 0 Å². The van der Waals surface area contributed by atoms with Gasteiger partial charge in [-0.3, -0.25) is 4.79 Å². The summed E-state index contributed by atoms with van der Waals surface area (Å²) in [4.78, 5) is 11.3. The minimum absolute atomic E-state index is 0.0436. The van der Waals surface area contributed by atoms with Gasteiger partial charge in [0.1, 0.15) is 0 Å². The zero-order valence-electron chi connectivity index (χ0n) is 8.81. The molecule has 0 aliphatic rings. The van der Waals surface area contributed by atoms with Gasteiger partial charge in [-0.15, -0.1) is 0 Å². The molecule has 1 atom stereocenters. The average Bonchev–Trinajstić information content (AvgIpc) is 2.19. The van der Waals surface area contributed by atoms with Crippen LogP contribution >= 0.6 is 15.9 Å². The van der Waals surface area contributed by atoms with Gasteiger partial charge in [-0.2, -0.15) is 13.2 Å². The second kappa shape index (κ2) is 5.05. The lowest BCUT2D eigenvalue weighted by Gasteiger charge is -2.12. The van der Waals surface area contributed by atoms with Crippen molar-refractivity contribution in [1.82, 2.24) is 0 Å². The summed E-state index contributed by atoms with van der Waals surface area (Å²) in [6.07, 6.45) is -4.45. The van der Waals surface area contributed by atoms with Crippen LogP contribution in [0.4, 0.5) is 18.9 Å². The van der Waals surface area contributed by atoms with Crippen molar-refractivity contribution in [3.8, 4) is 0 Å². The number of nitrogens with two attached hydrogens (primary N) is 1. The third kappa shape index (κ3) is 3.71. The molecule has 0 saturated carbocycles. The highest BCUT2D eigenvalue weighted by Gasteiger charge is 2.31. The van der Waals surface area contributed by atoms with Gasteiger partial charge >= 0.3 is 6.18 Å². The van der Waals surface area contributed by atoms with Crippen molar-refractivity contribution in [2.75, 3.05) is 5.32 Å². The zero-order chi connectivity index (χ0) is 13.2. The largest absolute Gasteiger partial charge is 0.416 e. The van der Waals surface area contributed by atoms with Crippen molar-refractivity contribution in [2.45, 2.75) is 19.1 Å². The summed E-state index contributed by atoms with van der Waals surface area (Å²) < 4.78 is 37.7. The minimum atomic E-state index is -4.45. The van der Waals surface area contributed by atoms with Gasteiger partial charge in [-0.05, 0) is 41.1 Å². The van der Waals surface area contributed by atoms with Gasteiger partial charge in [-0.1, -0.05) is 0 Å². The zero-order valence-corrected chi connectivity index (χ0v) is 10.4. The molecule has 1 amide bonds. The molecule has 0 unspecified atom stereocenters. The normalized spacial score (nSPS) is 13.3. The fourth-order valence-electron chi connectivity index (χ4n) is 1.04. The maximum Gasteiger partial charge on any atom is 0.416 e. The number of benzene rings is 1. The second-order valence-electron chi connectivity index (χ2n) is 3.47. The first-order valence-electron chi connectivity index (χ1n) is 4.65. The molecule has 0 aliphatic heterocycles. The molecule has 94 valence electrons. The number of carbonyl (C=O) groups is 1. The number of amides is 1. The van der Waals surface area contributed by atoms with E-state index in [9.17, 15) is 18.0 Å². The van der Waals surface area contributed by atoms with Crippen LogP contribution in [0.15, 0.2) is 22.7 Å². The smallest absolute Gasteiger partial charge is 0.324 e. The van der Waals surface area contributed by atoms with E-state index in [1.165, 1.54) is 13.0 Å². The van der Waals surface area contributed by atoms with E-state index in [0.717, 1.165) is 12.1 Å². The molecule has 0 heterocycles. The lowest BCUT2D eigenvalue weighted by molar-refractivity contribution is -0.137. The molecule has 17 heavy (non-hydrogen) atoms. The van der Waals surface area contributed by atoms with E-state index in [1.807, 2.05) is 0 Å². The third-order valence-corrected chi connectivity index (χ3v) is 2.66. The number of halogens is 4. The second-order valence-corrected chi connectivity index (χ2v) is 4.32. The van der Waals surface area contributed by atoms with Crippen LogP contribution in [-0.4, -0.2) is 11.9 Å². The fourth-order valence-corrected chi connectivity index (χ4v) is 1.39. The van der Waals surface area contributed by atoms with Crippen LogP contribution in [0.1, 0.15) is 12.5 Å². The Morgan fingerprint density at radius 3 is 2.53 bits per heavy atom. The monoisotopic (exact) mass is 310 g/mol. The summed E-state index contributed by atoms with van der Waals surface area (Å²) in [6, 6.07) is 2.20. The Kier molecular flexibility index (Phi) is 4.16. The standard InChI is InChI=1S/C10H10BrF3N2O/c1-5(15)9(17)16-8-4-6(10(12,13)14)2-3-7(8)11/h2-5H,15H2,1H3,(H,16,17)/t5-/m1/s1. The first-order chi connectivity index (χ1) is 7.71. The minimum Gasteiger partial charge on any atom is -0.324 e. The quantitative estimate of drug-likeness (QED) is 0.882. The molecule has 1 rings (SSSR count). The molecule has 1 aromatic carbocycles. The summed E-state index contributed by atoms with van der Waals surface area (Å²) >= 11 is 3.05. The van der Waals surface area contributed by atoms with Crippen LogP contribution in [0, 0.1) is 0 Å². The Labute approximate surface area is 104 Å². The maximum atomic E-state index is 12.4. The van der Waals surface area contributed by atoms with Gasteiger partial charge < -0.3 is 11.1 Å². The Morgan fingerprint density at radius 1 is 1.47 bits per heavy atom. The Bertz CT molecular complexity index is 432. The SMILES string of the molecule is C[C@@H](N)C(=O)Nc1cc(C(F)(F)F)ccc1Br. The average molecular weight is 311 g/mol. The molecule has 0 saturated heterocycles. The summed E-state index contributed by atoms with van der Waals surface area (Å²) in [5, 5.41) is 2.31. The topological polar surface area (TPSA) is 55.1 Å². The summed E-state index contributed by atoms with van der Waals surface area (Å²) in [7, 11) is 0. The Balaban J connectivity index is 3.03. The van der Waals surface area contributed by atoms with Gasteiger partial charge in [0.05, 0.1) is 17.3 Å². The van der Waals surface area contributed by atoms with Crippen LogP contribution in [0.2, 0.25) is 0 Å². The molecule has 3 nitrogen and oxygen atoms in total. The molecular formula is C10H10BrF3N2O. The van der Waals surface area contributed by atoms with Crippen LogP contribution < -0.4 is 11.1 Å². The Morgan fingerprint density at radius 2 is 2.06 bits per heavy atom. The van der Waals surface area contributed by atoms with Crippen molar-refractivity contribution < 1.29 is 18.0 Å². The molecular weight excluding hydrogens is 301 g/mol. The van der Waals surface area contributed by atoms with Crippen molar-refractivity contribution in [3.63, 3.8) is 0 Å². The molecule has 3 N–H and O–H groups in total. The van der Waals surface area contributed by atoms with E-state index < -0.39 is 23.7 Å². The van der Waals surface area contributed by atoms with Gasteiger partial charge in [0.15, 0.2) is 0 Å². The molecule has 0 radical (unpaired) electrons. The lowest BCUT2D eigenvalue weighted by Crippen LogP contribution is -2.32. The highest BCUT2D eigenvalue weighted by atomic mass is 79.9. The van der Waals surface area contributed by atoms with Crippen molar-refractivity contribution in [3.05, 3.63) is 28.2 Å². The summed E-state index contributed by atoms with van der Waals surface area (Å²) in [5.41, 5.74) is 4.52. The summed E-state index contributed by atoms with van der Waals surface area (Å²) in [6.45, 7) is 1.44. The number of alkyl halides is 3. The molecule has 0 aliphatic carbocycles. The molecule has 7 heteroatoms. The fraction of sp³-hybridized carbons (Fsp3) is 0.300. The predicted octanol–water partition coefficient (Wildman–Crippen LogP) is 2.75. The molecule has 0 spiro atoms. The number of anilines is 1. The number of carbonyl (C=O) groups excluding carboxylic acids is 1. The van der Waals surface area contributed by atoms with Crippen molar-refractivity contribution in [1.29, 1.82) is 0 Å². The van der Waals surface area contributed by atoms with Gasteiger partial charge in [0, 0.05) is 4.47 Å². The highest BCUT2D eigenvalue weighted by Crippen LogP contribution is 2.33. The van der Waals surface area contributed by atoms with Crippen LogP contribution in [-0.2, 0) is 11.0 Å². The van der Waals surface area contributed by atoms with Gasteiger partial charge in [0.2, 0.25) is 5.91 Å². The van der Waals surface area contributed by atoms with Crippen molar-refractivity contribution in [2.24, 2.45) is 5.73 Å². The predicted molar refractivity (Wildman–Crippen MR) is 61.4 cm³/mol. The van der Waals surface area contributed by atoms with E-state index in [1.54, 1.807) is 0 Å². The van der Waals surface area contributed by atoms with E-state index >= 15 is 0 Å². The molecule has 0 bridgehead atoms. The van der Waals surface area contributed by atoms with E-state index in [0.29, 0.717) is 4.47 Å². The van der Waals surface area contributed by atoms with Gasteiger partial charge in [0.25, 0.3) is 0 Å². The van der Waals surface area contributed by atoms with Crippen molar-refractivity contribution >= 4 is 27.5 Å². The van der Waals surface area contributed by atoms with E-state index in [-0.39, 0.29) is 5.69 Å². The third-order valence-electron chi connectivity index (χ3n) is 1.97. The van der Waals surface area contributed by atoms with Crippen LogP contribution in [0.25, 0.3) is 0 Å². The van der Waals surface area contributed by atoms with E-state index in [2.05, 4.69) is 21.2 Å². The number of rotatable bonds is 2. The number of nitrogens with one attached hydrogen (secondary N) is 1. The Hall–Kier alpha value is -1.08. The lowest BCUT2D eigenvalue weighted by atomic mass is 10.2. The first-order valence-corrected chi connectivity index (χ1v) is 5.44. The molecule has 0 fully saturated rings. The van der Waals surface area contributed by atoms with Crippen LogP contribution in [0.3, 0.4) is 0 Å².